The van der Waals surface area contributed by atoms with Crippen LogP contribution in [0.3, 0.4) is 0 Å². The molecule has 0 aliphatic carbocycles. The molecule has 0 aromatic rings. The predicted octanol–water partition coefficient (Wildman–Crippen LogP) is -2.38. The van der Waals surface area contributed by atoms with Crippen molar-refractivity contribution in [2.45, 2.75) is 45.2 Å². The molecule has 2 aliphatic rings. The van der Waals surface area contributed by atoms with Crippen LogP contribution in [0.1, 0.15) is 33.1 Å². The third-order valence-corrected chi connectivity index (χ3v) is 5.42. The fourth-order valence-corrected chi connectivity index (χ4v) is 3.90. The highest BCUT2D eigenvalue weighted by Gasteiger charge is 2.39. The van der Waals surface area contributed by atoms with Gasteiger partial charge in [0, 0.05) is 32.6 Å². The van der Waals surface area contributed by atoms with Crippen LogP contribution in [0.4, 0.5) is 0 Å². The molecule has 2 heterocycles. The summed E-state index contributed by atoms with van der Waals surface area (Å²) >= 11 is 0. The first-order valence-electron chi connectivity index (χ1n) is 10.3. The van der Waals surface area contributed by atoms with Gasteiger partial charge in [-0.05, 0) is 18.8 Å². The van der Waals surface area contributed by atoms with Crippen LogP contribution in [0.25, 0.3) is 0 Å². The van der Waals surface area contributed by atoms with Crippen molar-refractivity contribution in [3.05, 3.63) is 0 Å². The number of carbonyl (C=O) groups is 5. The highest BCUT2D eigenvalue weighted by Crippen LogP contribution is 2.19. The average Bonchev–Trinajstić information content (AvgIpc) is 2.66. The van der Waals surface area contributed by atoms with Gasteiger partial charge in [0.1, 0.15) is 12.1 Å². The number of nitrogens with zero attached hydrogens (tertiary/aromatic N) is 3. The summed E-state index contributed by atoms with van der Waals surface area (Å²) in [4.78, 5) is 65.5. The molecule has 30 heavy (non-hydrogen) atoms. The first-order chi connectivity index (χ1) is 14.1. The second kappa shape index (κ2) is 10.4. The summed E-state index contributed by atoms with van der Waals surface area (Å²) in [5.74, 6) is -1.93. The van der Waals surface area contributed by atoms with Crippen molar-refractivity contribution >= 4 is 29.5 Å². The van der Waals surface area contributed by atoms with Gasteiger partial charge in [0.25, 0.3) is 0 Å². The van der Waals surface area contributed by atoms with Crippen LogP contribution in [-0.2, 0) is 24.0 Å². The van der Waals surface area contributed by atoms with E-state index in [1.807, 2.05) is 13.8 Å². The molecular formula is C19H32N6O5. The monoisotopic (exact) mass is 424 g/mol. The minimum absolute atomic E-state index is 0.0512. The minimum Gasteiger partial charge on any atom is -0.370 e. The van der Waals surface area contributed by atoms with Gasteiger partial charge in [0.2, 0.25) is 29.5 Å². The number of piperazine rings is 2. The number of hydrogen-bond acceptors (Lipinski definition) is 6. The zero-order valence-corrected chi connectivity index (χ0v) is 17.6. The Hall–Kier alpha value is -2.69. The highest BCUT2D eigenvalue weighted by molar-refractivity contribution is 5.93. The summed E-state index contributed by atoms with van der Waals surface area (Å²) in [5.41, 5.74) is 10.5. The van der Waals surface area contributed by atoms with E-state index in [-0.39, 0.29) is 56.8 Å². The molecule has 0 aromatic carbocycles. The van der Waals surface area contributed by atoms with Crippen LogP contribution in [0.15, 0.2) is 0 Å². The summed E-state index contributed by atoms with van der Waals surface area (Å²) in [6.45, 7) is 5.34. The normalized spacial score (nSPS) is 19.8. The Morgan fingerprint density at radius 1 is 1.00 bits per heavy atom. The Morgan fingerprint density at radius 3 is 2.20 bits per heavy atom. The van der Waals surface area contributed by atoms with Gasteiger partial charge in [-0.15, -0.1) is 0 Å². The third kappa shape index (κ3) is 5.91. The number of carbonyl (C=O) groups excluding carboxylic acids is 5. The van der Waals surface area contributed by atoms with Crippen molar-refractivity contribution in [1.29, 1.82) is 0 Å². The Balaban J connectivity index is 2.09. The molecule has 0 radical (unpaired) electrons. The van der Waals surface area contributed by atoms with E-state index >= 15 is 0 Å². The molecule has 11 heteroatoms. The van der Waals surface area contributed by atoms with Crippen molar-refractivity contribution in [1.82, 2.24) is 20.0 Å². The first kappa shape index (κ1) is 23.6. The number of hydrogen-bond donors (Lipinski definition) is 3. The van der Waals surface area contributed by atoms with Gasteiger partial charge in [-0.2, -0.15) is 0 Å². The fraction of sp³-hybridized carbons (Fsp3) is 0.737. The molecule has 2 rings (SSSR count). The molecule has 2 atom stereocenters. The third-order valence-electron chi connectivity index (χ3n) is 5.42. The zero-order chi connectivity index (χ0) is 22.4. The summed E-state index contributed by atoms with van der Waals surface area (Å²) in [7, 11) is 0. The molecule has 0 bridgehead atoms. The van der Waals surface area contributed by atoms with Crippen LogP contribution in [0.2, 0.25) is 0 Å². The first-order valence-corrected chi connectivity index (χ1v) is 10.3. The lowest BCUT2D eigenvalue weighted by atomic mass is 9.99. The Morgan fingerprint density at radius 2 is 1.67 bits per heavy atom. The zero-order valence-electron chi connectivity index (χ0n) is 17.6. The summed E-state index contributed by atoms with van der Waals surface area (Å²) in [6, 6.07) is -1.57. The molecule has 0 unspecified atom stereocenters. The van der Waals surface area contributed by atoms with Gasteiger partial charge in [-0.25, -0.2) is 0 Å². The molecule has 168 valence electrons. The number of nitrogens with one attached hydrogen (secondary N) is 1. The van der Waals surface area contributed by atoms with E-state index < -0.39 is 29.8 Å². The standard InChI is InChI=1S/C19H32N6O5/c1-12(2)9-14(24-6-5-22-10-16(24)27)19(30)23-7-8-25(17(28)11-23)13(18(21)29)3-4-15(20)26/h12-14,22H,3-11H2,1-2H3,(H2,20,26)(H2,21,29)/t13-,14-/m0/s1. The van der Waals surface area contributed by atoms with Crippen molar-refractivity contribution in [2.75, 3.05) is 39.3 Å². The van der Waals surface area contributed by atoms with Crippen LogP contribution < -0.4 is 16.8 Å². The number of rotatable bonds is 9. The SMILES string of the molecule is CC(C)C[C@@H](C(=O)N1CCN([C@@H](CCC(N)=O)C(N)=O)C(=O)C1)N1CCNCC1=O. The Labute approximate surface area is 176 Å². The Kier molecular flexibility index (Phi) is 8.16. The van der Waals surface area contributed by atoms with E-state index in [1.165, 1.54) is 9.80 Å². The lowest BCUT2D eigenvalue weighted by Crippen LogP contribution is -2.62. The lowest BCUT2D eigenvalue weighted by Gasteiger charge is -2.41. The van der Waals surface area contributed by atoms with Crippen molar-refractivity contribution in [3.8, 4) is 0 Å². The maximum absolute atomic E-state index is 13.2. The largest absolute Gasteiger partial charge is 0.370 e. The van der Waals surface area contributed by atoms with E-state index in [0.29, 0.717) is 19.5 Å². The molecular weight excluding hydrogens is 392 g/mol. The van der Waals surface area contributed by atoms with Gasteiger partial charge in [-0.3, -0.25) is 24.0 Å². The van der Waals surface area contributed by atoms with Crippen molar-refractivity contribution in [2.24, 2.45) is 17.4 Å². The maximum atomic E-state index is 13.2. The molecule has 2 fully saturated rings. The van der Waals surface area contributed by atoms with Gasteiger partial charge < -0.3 is 31.5 Å². The van der Waals surface area contributed by atoms with E-state index in [1.54, 1.807) is 4.90 Å². The van der Waals surface area contributed by atoms with E-state index in [0.717, 1.165) is 0 Å². The van der Waals surface area contributed by atoms with Gasteiger partial charge >= 0.3 is 0 Å². The van der Waals surface area contributed by atoms with Gasteiger partial charge in [0.05, 0.1) is 13.1 Å². The number of amides is 5. The highest BCUT2D eigenvalue weighted by atomic mass is 16.2. The molecule has 2 aliphatic heterocycles. The summed E-state index contributed by atoms with van der Waals surface area (Å²) in [6.07, 6.45) is 0.485. The molecule has 5 amide bonds. The molecule has 11 nitrogen and oxygen atoms in total. The topological polar surface area (TPSA) is 159 Å². The summed E-state index contributed by atoms with van der Waals surface area (Å²) < 4.78 is 0. The summed E-state index contributed by atoms with van der Waals surface area (Å²) in [5, 5.41) is 2.99. The fourth-order valence-electron chi connectivity index (χ4n) is 3.90. The molecule has 5 N–H and O–H groups in total. The average molecular weight is 425 g/mol. The predicted molar refractivity (Wildman–Crippen MR) is 108 cm³/mol. The van der Waals surface area contributed by atoms with Crippen LogP contribution in [0.5, 0.6) is 0 Å². The number of primary amides is 2. The molecule has 0 aromatic heterocycles. The van der Waals surface area contributed by atoms with E-state index in [4.69, 9.17) is 11.5 Å². The van der Waals surface area contributed by atoms with Gasteiger partial charge in [-0.1, -0.05) is 13.8 Å². The maximum Gasteiger partial charge on any atom is 0.245 e. The molecule has 2 saturated heterocycles. The second-order valence-corrected chi connectivity index (χ2v) is 8.18. The van der Waals surface area contributed by atoms with Crippen LogP contribution in [-0.4, -0.2) is 95.6 Å². The van der Waals surface area contributed by atoms with Crippen molar-refractivity contribution in [3.63, 3.8) is 0 Å². The molecule has 0 saturated carbocycles. The van der Waals surface area contributed by atoms with Crippen molar-refractivity contribution < 1.29 is 24.0 Å². The lowest BCUT2D eigenvalue weighted by molar-refractivity contribution is -0.155. The smallest absolute Gasteiger partial charge is 0.245 e. The van der Waals surface area contributed by atoms with Crippen LogP contribution >= 0.6 is 0 Å². The van der Waals surface area contributed by atoms with Gasteiger partial charge in [0.15, 0.2) is 0 Å². The quantitative estimate of drug-likeness (QED) is 0.375. The minimum atomic E-state index is -0.941. The second-order valence-electron chi connectivity index (χ2n) is 8.18. The van der Waals surface area contributed by atoms with E-state index in [9.17, 15) is 24.0 Å². The molecule has 0 spiro atoms. The van der Waals surface area contributed by atoms with E-state index in [2.05, 4.69) is 5.32 Å². The Bertz CT molecular complexity index is 697. The van der Waals surface area contributed by atoms with Crippen LogP contribution in [0, 0.1) is 5.92 Å². The number of nitrogens with two attached hydrogens (primary N) is 2.